The lowest BCUT2D eigenvalue weighted by Crippen LogP contribution is -2.26. The Balaban J connectivity index is 2.33. The van der Waals surface area contributed by atoms with Crippen LogP contribution < -0.4 is 9.46 Å². The van der Waals surface area contributed by atoms with Gasteiger partial charge in [-0.15, -0.1) is 13.2 Å². The Labute approximate surface area is 162 Å². The number of ether oxygens (including phenoxy) is 1. The van der Waals surface area contributed by atoms with Crippen LogP contribution in [0.4, 0.5) is 30.7 Å². The van der Waals surface area contributed by atoms with E-state index in [0.717, 1.165) is 18.2 Å². The Kier molecular flexibility index (Phi) is 6.31. The maximum atomic E-state index is 13.7. The molecule has 2 aromatic carbocycles. The van der Waals surface area contributed by atoms with Crippen LogP contribution in [0.2, 0.25) is 0 Å². The van der Waals surface area contributed by atoms with Crippen LogP contribution in [-0.2, 0) is 22.7 Å². The molecule has 0 unspecified atom stereocenters. The summed E-state index contributed by atoms with van der Waals surface area (Å²) in [4.78, 5) is -0.930. The molecule has 154 valence electrons. The number of hydrogen-bond donors (Lipinski definition) is 1. The minimum atomic E-state index is -5.20. The molecule has 2 aromatic rings. The molecule has 28 heavy (non-hydrogen) atoms. The molecule has 2 rings (SSSR count). The summed E-state index contributed by atoms with van der Waals surface area (Å²) in [5, 5.41) is 0. The largest absolute Gasteiger partial charge is 0.573 e. The Hall–Kier alpha value is -1.86. The topological polar surface area (TPSA) is 55.4 Å². The van der Waals surface area contributed by atoms with Gasteiger partial charge in [-0.2, -0.15) is 13.2 Å². The van der Waals surface area contributed by atoms with Crippen molar-refractivity contribution < 1.29 is 43.9 Å². The molecule has 0 bridgehead atoms. The predicted molar refractivity (Wildman–Crippen MR) is 86.3 cm³/mol. The average Bonchev–Trinajstić information content (AvgIpc) is 2.51. The number of nitrogens with one attached hydrogen (secondary N) is 1. The molecule has 1 N–H and O–H groups in total. The highest BCUT2D eigenvalue weighted by Crippen LogP contribution is 2.33. The van der Waals surface area contributed by atoms with E-state index in [1.165, 1.54) is 0 Å². The Morgan fingerprint density at radius 3 is 2.21 bits per heavy atom. The van der Waals surface area contributed by atoms with Crippen LogP contribution in [0.25, 0.3) is 0 Å². The molecular formula is C15H9BrF7NO3S. The second kappa shape index (κ2) is 7.87. The lowest BCUT2D eigenvalue weighted by molar-refractivity contribution is -0.275. The van der Waals surface area contributed by atoms with Crippen LogP contribution >= 0.6 is 15.9 Å². The van der Waals surface area contributed by atoms with Gasteiger partial charge in [0, 0.05) is 16.6 Å². The minimum absolute atomic E-state index is 0.0784. The third-order valence-corrected chi connectivity index (χ3v) is 5.18. The van der Waals surface area contributed by atoms with Gasteiger partial charge in [-0.3, -0.25) is 0 Å². The van der Waals surface area contributed by atoms with Gasteiger partial charge in [-0.1, -0.05) is 15.9 Å². The van der Waals surface area contributed by atoms with E-state index in [0.29, 0.717) is 18.2 Å². The van der Waals surface area contributed by atoms with Gasteiger partial charge in [-0.05, 0) is 36.4 Å². The fraction of sp³-hybridized carbons (Fsp3) is 0.200. The second-order valence-corrected chi connectivity index (χ2v) is 7.92. The lowest BCUT2D eigenvalue weighted by Gasteiger charge is -2.15. The van der Waals surface area contributed by atoms with Crippen molar-refractivity contribution in [2.45, 2.75) is 24.0 Å². The van der Waals surface area contributed by atoms with Crippen molar-refractivity contribution in [2.24, 2.45) is 0 Å². The maximum Gasteiger partial charge on any atom is 0.573 e. The summed E-state index contributed by atoms with van der Waals surface area (Å²) in [7, 11) is -4.69. The molecule has 0 heterocycles. The molecule has 0 aliphatic rings. The Bertz CT molecular complexity index is 975. The molecule has 4 nitrogen and oxygen atoms in total. The molecule has 0 aliphatic heterocycles. The first kappa shape index (κ1) is 22.4. The van der Waals surface area contributed by atoms with Crippen molar-refractivity contribution in [1.29, 1.82) is 0 Å². The summed E-state index contributed by atoms with van der Waals surface area (Å²) in [6, 6.07) is 4.01. The van der Waals surface area contributed by atoms with E-state index >= 15 is 0 Å². The van der Waals surface area contributed by atoms with Gasteiger partial charge in [0.05, 0.1) is 5.56 Å². The molecule has 0 radical (unpaired) electrons. The van der Waals surface area contributed by atoms with E-state index < -0.39 is 56.7 Å². The van der Waals surface area contributed by atoms with Gasteiger partial charge in [0.25, 0.3) is 0 Å². The Morgan fingerprint density at radius 2 is 1.64 bits per heavy atom. The fourth-order valence-electron chi connectivity index (χ4n) is 2.05. The molecule has 13 heteroatoms. The number of halogens is 8. The van der Waals surface area contributed by atoms with Gasteiger partial charge in [0.2, 0.25) is 10.0 Å². The number of rotatable bonds is 5. The first-order valence-electron chi connectivity index (χ1n) is 7.09. The highest BCUT2D eigenvalue weighted by atomic mass is 79.9. The second-order valence-electron chi connectivity index (χ2n) is 5.27. The SMILES string of the molecule is O=S(=O)(NCc1cc(C(F)(F)F)ccc1F)c1ccc(Br)cc1OC(F)(F)F. The quantitative estimate of drug-likeness (QED) is 0.595. The van der Waals surface area contributed by atoms with Crippen molar-refractivity contribution in [1.82, 2.24) is 4.72 Å². The van der Waals surface area contributed by atoms with Crippen molar-refractivity contribution in [3.8, 4) is 5.75 Å². The third kappa shape index (κ3) is 5.82. The number of hydrogen-bond acceptors (Lipinski definition) is 3. The van der Waals surface area contributed by atoms with E-state index in [9.17, 15) is 39.2 Å². The molecule has 0 saturated heterocycles. The van der Waals surface area contributed by atoms with Gasteiger partial charge in [-0.25, -0.2) is 17.5 Å². The van der Waals surface area contributed by atoms with Crippen LogP contribution in [0.3, 0.4) is 0 Å². The van der Waals surface area contributed by atoms with Crippen LogP contribution in [0.5, 0.6) is 5.75 Å². The van der Waals surface area contributed by atoms with Crippen molar-refractivity contribution in [3.63, 3.8) is 0 Å². The zero-order chi connectivity index (χ0) is 21.3. The summed E-state index contributed by atoms with van der Waals surface area (Å²) < 4.78 is 119. The first-order chi connectivity index (χ1) is 12.7. The van der Waals surface area contributed by atoms with E-state index in [1.807, 2.05) is 0 Å². The highest BCUT2D eigenvalue weighted by Gasteiger charge is 2.34. The van der Waals surface area contributed by atoms with Gasteiger partial charge in [0.1, 0.15) is 10.7 Å². The smallest absolute Gasteiger partial charge is 0.404 e. The molecule has 0 aromatic heterocycles. The van der Waals surface area contributed by atoms with Crippen molar-refractivity contribution in [2.75, 3.05) is 0 Å². The molecule has 0 saturated carbocycles. The Morgan fingerprint density at radius 1 is 1.00 bits per heavy atom. The van der Waals surface area contributed by atoms with E-state index in [-0.39, 0.29) is 4.47 Å². The summed E-state index contributed by atoms with van der Waals surface area (Å²) in [5.41, 5.74) is -1.86. The van der Waals surface area contributed by atoms with Crippen LogP contribution in [0.15, 0.2) is 45.8 Å². The van der Waals surface area contributed by atoms with E-state index in [1.54, 1.807) is 4.72 Å². The summed E-state index contributed by atoms with van der Waals surface area (Å²) in [6.45, 7) is -0.931. The first-order valence-corrected chi connectivity index (χ1v) is 9.37. The van der Waals surface area contributed by atoms with E-state index in [4.69, 9.17) is 0 Å². The zero-order valence-corrected chi connectivity index (χ0v) is 15.7. The predicted octanol–water partition coefficient (Wildman–Crippen LogP) is 4.98. The fourth-order valence-corrected chi connectivity index (χ4v) is 3.50. The zero-order valence-electron chi connectivity index (χ0n) is 13.3. The van der Waals surface area contributed by atoms with Gasteiger partial charge >= 0.3 is 12.5 Å². The van der Waals surface area contributed by atoms with Crippen molar-refractivity contribution >= 4 is 26.0 Å². The highest BCUT2D eigenvalue weighted by molar-refractivity contribution is 9.10. The summed E-state index contributed by atoms with van der Waals surface area (Å²) in [5.74, 6) is -2.20. The van der Waals surface area contributed by atoms with Gasteiger partial charge in [0.15, 0.2) is 5.75 Å². The van der Waals surface area contributed by atoms with Crippen molar-refractivity contribution in [3.05, 3.63) is 57.8 Å². The molecule has 0 atom stereocenters. The normalized spacial score (nSPS) is 12.9. The van der Waals surface area contributed by atoms with E-state index in [2.05, 4.69) is 20.7 Å². The lowest BCUT2D eigenvalue weighted by atomic mass is 10.1. The van der Waals surface area contributed by atoms with Crippen LogP contribution in [0, 0.1) is 5.82 Å². The average molecular weight is 496 g/mol. The molecule has 0 spiro atoms. The standard InChI is InChI=1S/C15H9BrF7NO3S/c16-10-2-4-13(12(6-10)27-15(21,22)23)28(25,26)24-7-8-5-9(14(18,19)20)1-3-11(8)17/h1-6,24H,7H2. The molecule has 0 aliphatic carbocycles. The molecule has 0 amide bonds. The monoisotopic (exact) mass is 495 g/mol. The number of sulfonamides is 1. The van der Waals surface area contributed by atoms with Crippen LogP contribution in [0.1, 0.15) is 11.1 Å². The maximum absolute atomic E-state index is 13.7. The van der Waals surface area contributed by atoms with Gasteiger partial charge < -0.3 is 4.74 Å². The number of benzene rings is 2. The molecule has 0 fully saturated rings. The third-order valence-electron chi connectivity index (χ3n) is 3.25. The summed E-state index contributed by atoms with van der Waals surface area (Å²) >= 11 is 2.86. The van der Waals surface area contributed by atoms with Crippen LogP contribution in [-0.4, -0.2) is 14.8 Å². The minimum Gasteiger partial charge on any atom is -0.404 e. The molecular weight excluding hydrogens is 487 g/mol. The summed E-state index contributed by atoms with van der Waals surface area (Å²) in [6.07, 6.45) is -9.99. The number of alkyl halides is 6.